The molecule has 1 fully saturated rings. The van der Waals surface area contributed by atoms with Gasteiger partial charge in [-0.2, -0.15) is 0 Å². The molecule has 2 rings (SSSR count). The molecule has 0 aliphatic heterocycles. The topological polar surface area (TPSA) is 58.6 Å². The highest BCUT2D eigenvalue weighted by Crippen LogP contribution is 2.27. The number of carbonyl (C=O) groups excluding carboxylic acids is 2. The van der Waals surface area contributed by atoms with Gasteiger partial charge in [0.25, 0.3) is 0 Å². The minimum atomic E-state index is -0.310. The molecule has 1 aromatic rings. The van der Waals surface area contributed by atoms with Crippen molar-refractivity contribution in [3.63, 3.8) is 0 Å². The van der Waals surface area contributed by atoms with E-state index in [-0.39, 0.29) is 24.5 Å². The zero-order valence-electron chi connectivity index (χ0n) is 11.3. The van der Waals surface area contributed by atoms with Crippen molar-refractivity contribution in [2.75, 3.05) is 19.0 Å². The summed E-state index contributed by atoms with van der Waals surface area (Å²) in [6.07, 6.45) is 2.17. The van der Waals surface area contributed by atoms with Crippen molar-refractivity contribution in [2.24, 2.45) is 0 Å². The van der Waals surface area contributed by atoms with Crippen LogP contribution in [0.4, 0.5) is 10.5 Å². The Balaban J connectivity index is 1.93. The van der Waals surface area contributed by atoms with E-state index in [1.807, 2.05) is 0 Å². The summed E-state index contributed by atoms with van der Waals surface area (Å²) in [4.78, 5) is 25.1. The summed E-state index contributed by atoms with van der Waals surface area (Å²) in [5.74, 6) is -0.310. The van der Waals surface area contributed by atoms with E-state index in [9.17, 15) is 9.59 Å². The summed E-state index contributed by atoms with van der Waals surface area (Å²) >= 11 is 5.80. The van der Waals surface area contributed by atoms with Gasteiger partial charge in [-0.15, -0.1) is 0 Å². The van der Waals surface area contributed by atoms with Crippen molar-refractivity contribution in [3.8, 4) is 0 Å². The molecule has 1 N–H and O–H groups in total. The molecule has 20 heavy (non-hydrogen) atoms. The zero-order chi connectivity index (χ0) is 14.5. The van der Waals surface area contributed by atoms with E-state index < -0.39 is 0 Å². The molecule has 0 bridgehead atoms. The van der Waals surface area contributed by atoms with Crippen LogP contribution in [0.5, 0.6) is 0 Å². The van der Waals surface area contributed by atoms with E-state index in [0.29, 0.717) is 17.3 Å². The van der Waals surface area contributed by atoms with Crippen LogP contribution in [0.2, 0.25) is 5.02 Å². The van der Waals surface area contributed by atoms with Gasteiger partial charge in [0.15, 0.2) is 0 Å². The van der Waals surface area contributed by atoms with Crippen molar-refractivity contribution in [3.05, 3.63) is 29.3 Å². The quantitative estimate of drug-likeness (QED) is 0.850. The first kappa shape index (κ1) is 14.7. The number of hydrogen-bond acceptors (Lipinski definition) is 3. The number of urea groups is 1. The van der Waals surface area contributed by atoms with Gasteiger partial charge in [0.2, 0.25) is 0 Å². The Kier molecular flexibility index (Phi) is 4.84. The summed E-state index contributed by atoms with van der Waals surface area (Å²) in [6, 6.07) is 6.95. The van der Waals surface area contributed by atoms with E-state index in [4.69, 9.17) is 11.6 Å². The average molecular weight is 297 g/mol. The van der Waals surface area contributed by atoms with Gasteiger partial charge in [-0.05, 0) is 37.1 Å². The van der Waals surface area contributed by atoms with Crippen LogP contribution in [-0.2, 0) is 9.53 Å². The normalized spacial score (nSPS) is 13.7. The van der Waals surface area contributed by atoms with Crippen molar-refractivity contribution < 1.29 is 14.3 Å². The largest absolute Gasteiger partial charge is 0.469 e. The molecule has 0 atom stereocenters. The molecule has 0 radical (unpaired) electrons. The maximum atomic E-state index is 12.2. The third-order valence-electron chi connectivity index (χ3n) is 3.13. The second-order valence-corrected chi connectivity index (χ2v) is 5.12. The van der Waals surface area contributed by atoms with Gasteiger partial charge in [-0.1, -0.05) is 11.6 Å². The Morgan fingerprint density at radius 2 is 2.00 bits per heavy atom. The standard InChI is InChI=1S/C14H17ClN2O3/c1-20-13(18)8-9-17(12-6-7-12)14(19)16-11-4-2-10(15)3-5-11/h2-5,12H,6-9H2,1H3,(H,16,19). The number of rotatable bonds is 5. The molecule has 6 heteroatoms. The summed E-state index contributed by atoms with van der Waals surface area (Å²) in [7, 11) is 1.34. The predicted octanol–water partition coefficient (Wildman–Crippen LogP) is 2.90. The molecule has 0 aromatic heterocycles. The smallest absolute Gasteiger partial charge is 0.322 e. The van der Waals surface area contributed by atoms with Gasteiger partial charge in [-0.25, -0.2) is 4.79 Å². The summed E-state index contributed by atoms with van der Waals surface area (Å²) in [5, 5.41) is 3.43. The van der Waals surface area contributed by atoms with Crippen LogP contribution >= 0.6 is 11.6 Å². The summed E-state index contributed by atoms with van der Waals surface area (Å²) < 4.78 is 4.60. The molecule has 108 valence electrons. The van der Waals surface area contributed by atoms with E-state index in [0.717, 1.165) is 12.8 Å². The number of methoxy groups -OCH3 is 1. The molecule has 1 aromatic carbocycles. The van der Waals surface area contributed by atoms with E-state index in [1.165, 1.54) is 7.11 Å². The molecule has 2 amide bonds. The van der Waals surface area contributed by atoms with Crippen LogP contribution in [0.25, 0.3) is 0 Å². The molecule has 5 nitrogen and oxygen atoms in total. The third-order valence-corrected chi connectivity index (χ3v) is 3.38. The predicted molar refractivity (Wildman–Crippen MR) is 76.8 cm³/mol. The molecule has 1 saturated carbocycles. The monoisotopic (exact) mass is 296 g/mol. The third kappa shape index (κ3) is 4.13. The first-order chi connectivity index (χ1) is 9.60. The van der Waals surface area contributed by atoms with Crippen LogP contribution in [0.15, 0.2) is 24.3 Å². The first-order valence-corrected chi connectivity index (χ1v) is 6.88. The SMILES string of the molecule is COC(=O)CCN(C(=O)Nc1ccc(Cl)cc1)C1CC1. The Hall–Kier alpha value is -1.75. The highest BCUT2D eigenvalue weighted by molar-refractivity contribution is 6.30. The van der Waals surface area contributed by atoms with Gasteiger partial charge in [0, 0.05) is 23.3 Å². The van der Waals surface area contributed by atoms with E-state index in [2.05, 4.69) is 10.1 Å². The number of anilines is 1. The van der Waals surface area contributed by atoms with Gasteiger partial charge in [-0.3, -0.25) is 4.79 Å². The van der Waals surface area contributed by atoms with Gasteiger partial charge >= 0.3 is 12.0 Å². The fraction of sp³-hybridized carbons (Fsp3) is 0.429. The Labute approximate surface area is 122 Å². The fourth-order valence-corrected chi connectivity index (χ4v) is 2.00. The lowest BCUT2D eigenvalue weighted by molar-refractivity contribution is -0.140. The number of halogens is 1. The molecule has 0 heterocycles. The molecule has 0 saturated heterocycles. The van der Waals surface area contributed by atoms with Crippen LogP contribution in [0, 0.1) is 0 Å². The highest BCUT2D eigenvalue weighted by atomic mass is 35.5. The molecular formula is C14H17ClN2O3. The van der Waals surface area contributed by atoms with Crippen molar-refractivity contribution in [1.29, 1.82) is 0 Å². The highest BCUT2D eigenvalue weighted by Gasteiger charge is 2.32. The number of hydrogen-bond donors (Lipinski definition) is 1. The Morgan fingerprint density at radius 1 is 1.35 bits per heavy atom. The van der Waals surface area contributed by atoms with Crippen LogP contribution in [0.3, 0.4) is 0 Å². The zero-order valence-corrected chi connectivity index (χ0v) is 12.0. The molecule has 1 aliphatic carbocycles. The molecule has 1 aliphatic rings. The van der Waals surface area contributed by atoms with Crippen molar-refractivity contribution in [1.82, 2.24) is 4.90 Å². The number of amides is 2. The van der Waals surface area contributed by atoms with E-state index >= 15 is 0 Å². The van der Waals surface area contributed by atoms with Crippen molar-refractivity contribution >= 4 is 29.3 Å². The summed E-state index contributed by atoms with van der Waals surface area (Å²) in [6.45, 7) is 0.372. The van der Waals surface area contributed by atoms with Crippen LogP contribution in [0.1, 0.15) is 19.3 Å². The number of ether oxygens (including phenoxy) is 1. The number of nitrogens with one attached hydrogen (secondary N) is 1. The Bertz CT molecular complexity index is 486. The van der Waals surface area contributed by atoms with Gasteiger partial charge in [0.1, 0.15) is 0 Å². The lowest BCUT2D eigenvalue weighted by atomic mass is 10.3. The van der Waals surface area contributed by atoms with Crippen LogP contribution in [-0.4, -0.2) is 36.6 Å². The average Bonchev–Trinajstić information content (AvgIpc) is 3.26. The maximum Gasteiger partial charge on any atom is 0.322 e. The lowest BCUT2D eigenvalue weighted by Gasteiger charge is -2.22. The second kappa shape index (κ2) is 6.61. The molecule has 0 spiro atoms. The summed E-state index contributed by atoms with van der Waals surface area (Å²) in [5.41, 5.74) is 0.683. The molecule has 0 unspecified atom stereocenters. The molecular weight excluding hydrogens is 280 g/mol. The second-order valence-electron chi connectivity index (χ2n) is 4.69. The Morgan fingerprint density at radius 3 is 2.55 bits per heavy atom. The lowest BCUT2D eigenvalue weighted by Crippen LogP contribution is -2.38. The van der Waals surface area contributed by atoms with Crippen molar-refractivity contribution in [2.45, 2.75) is 25.3 Å². The first-order valence-electron chi connectivity index (χ1n) is 6.50. The van der Waals surface area contributed by atoms with Gasteiger partial charge in [0.05, 0.1) is 13.5 Å². The minimum Gasteiger partial charge on any atom is -0.469 e. The number of nitrogens with zero attached hydrogens (tertiary/aromatic N) is 1. The van der Waals surface area contributed by atoms with Gasteiger partial charge < -0.3 is 15.0 Å². The number of benzene rings is 1. The number of carbonyl (C=O) groups is 2. The maximum absolute atomic E-state index is 12.2. The number of esters is 1. The fourth-order valence-electron chi connectivity index (χ4n) is 1.88. The van der Waals surface area contributed by atoms with Crippen LogP contribution < -0.4 is 5.32 Å². The van der Waals surface area contributed by atoms with E-state index in [1.54, 1.807) is 29.2 Å². The minimum absolute atomic E-state index is 0.196.